The Morgan fingerprint density at radius 1 is 1.29 bits per heavy atom. The zero-order valence-corrected chi connectivity index (χ0v) is 8.87. The topological polar surface area (TPSA) is 152 Å². The van der Waals surface area contributed by atoms with Gasteiger partial charge in [0.25, 0.3) is 0 Å². The molecule has 0 spiro atoms. The van der Waals surface area contributed by atoms with Crippen molar-refractivity contribution >= 4 is 17.8 Å². The van der Waals surface area contributed by atoms with Crippen LogP contribution in [0.5, 0.6) is 0 Å². The summed E-state index contributed by atoms with van der Waals surface area (Å²) in [5.74, 6) is -3.04. The summed E-state index contributed by atoms with van der Waals surface area (Å²) < 4.78 is 0. The van der Waals surface area contributed by atoms with Crippen LogP contribution in [0.3, 0.4) is 0 Å². The first-order valence-corrected chi connectivity index (χ1v) is 4.72. The molecule has 3 N–H and O–H groups in total. The Bertz CT molecular complexity index is 350. The molecule has 1 amide bonds. The summed E-state index contributed by atoms with van der Waals surface area (Å²) in [6.45, 7) is -0.0758. The van der Waals surface area contributed by atoms with Gasteiger partial charge in [-0.2, -0.15) is 0 Å². The maximum absolute atomic E-state index is 11.2. The first-order valence-electron chi connectivity index (χ1n) is 4.72. The standard InChI is InChI=1S/C8H12N4O5/c9-12-10-4-3-6(13)11-5(8(16)17)1-2-7(14)15/h5H,1-4H2,(H,11,13)(H,14,15)(H,16,17)/t5-/m0/s1. The second-order valence-corrected chi connectivity index (χ2v) is 3.10. The van der Waals surface area contributed by atoms with E-state index in [1.807, 2.05) is 0 Å². The van der Waals surface area contributed by atoms with Crippen molar-refractivity contribution in [1.29, 1.82) is 0 Å². The highest BCUT2D eigenvalue weighted by Crippen LogP contribution is 1.99. The van der Waals surface area contributed by atoms with Gasteiger partial charge < -0.3 is 15.5 Å². The smallest absolute Gasteiger partial charge is 0.326 e. The van der Waals surface area contributed by atoms with Crippen LogP contribution < -0.4 is 5.32 Å². The van der Waals surface area contributed by atoms with E-state index in [4.69, 9.17) is 15.7 Å². The SMILES string of the molecule is [N-]=[N+]=NCCC(=O)N[C@@H](CCC(=O)O)C(=O)O. The van der Waals surface area contributed by atoms with Gasteiger partial charge in [-0.3, -0.25) is 9.59 Å². The number of nitrogens with zero attached hydrogens (tertiary/aromatic N) is 3. The number of carbonyl (C=O) groups is 3. The van der Waals surface area contributed by atoms with E-state index in [-0.39, 0.29) is 25.8 Å². The van der Waals surface area contributed by atoms with Gasteiger partial charge in [-0.25, -0.2) is 4.79 Å². The molecular formula is C8H12N4O5. The number of azide groups is 1. The number of nitrogens with one attached hydrogen (secondary N) is 1. The summed E-state index contributed by atoms with van der Waals surface area (Å²) in [5.41, 5.74) is 7.96. The van der Waals surface area contributed by atoms with Crippen molar-refractivity contribution in [3.05, 3.63) is 10.4 Å². The van der Waals surface area contributed by atoms with Crippen molar-refractivity contribution in [1.82, 2.24) is 5.32 Å². The molecule has 0 aliphatic heterocycles. The van der Waals surface area contributed by atoms with E-state index in [1.54, 1.807) is 0 Å². The Labute approximate surface area is 96.1 Å². The van der Waals surface area contributed by atoms with Crippen molar-refractivity contribution < 1.29 is 24.6 Å². The van der Waals surface area contributed by atoms with E-state index in [0.717, 1.165) is 0 Å². The monoisotopic (exact) mass is 244 g/mol. The third-order valence-corrected chi connectivity index (χ3v) is 1.78. The number of rotatable bonds is 8. The number of hydrogen-bond acceptors (Lipinski definition) is 4. The Hall–Kier alpha value is -2.28. The lowest BCUT2D eigenvalue weighted by molar-refractivity contribution is -0.143. The number of carboxylic acids is 2. The highest BCUT2D eigenvalue weighted by molar-refractivity contribution is 5.84. The summed E-state index contributed by atoms with van der Waals surface area (Å²) >= 11 is 0. The predicted molar refractivity (Wildman–Crippen MR) is 55.1 cm³/mol. The van der Waals surface area contributed by atoms with E-state index in [2.05, 4.69) is 15.3 Å². The summed E-state index contributed by atoms with van der Waals surface area (Å²) in [6, 6.07) is -1.25. The summed E-state index contributed by atoms with van der Waals surface area (Å²) in [6.07, 6.45) is -0.688. The third-order valence-electron chi connectivity index (χ3n) is 1.78. The Balaban J connectivity index is 4.15. The molecule has 0 unspecified atom stereocenters. The minimum atomic E-state index is -1.30. The zero-order chi connectivity index (χ0) is 13.3. The molecule has 0 aliphatic carbocycles. The minimum Gasteiger partial charge on any atom is -0.481 e. The Morgan fingerprint density at radius 2 is 1.94 bits per heavy atom. The molecule has 0 aromatic carbocycles. The lowest BCUT2D eigenvalue weighted by Gasteiger charge is -2.12. The first kappa shape index (κ1) is 14.7. The Morgan fingerprint density at radius 3 is 2.41 bits per heavy atom. The summed E-state index contributed by atoms with van der Waals surface area (Å²) in [4.78, 5) is 34.6. The van der Waals surface area contributed by atoms with Crippen molar-refractivity contribution in [2.75, 3.05) is 6.54 Å². The van der Waals surface area contributed by atoms with Gasteiger partial charge >= 0.3 is 11.9 Å². The molecule has 9 nitrogen and oxygen atoms in total. The fourth-order valence-electron chi connectivity index (χ4n) is 0.988. The normalized spacial score (nSPS) is 11.1. The number of aliphatic carboxylic acids is 2. The minimum absolute atomic E-state index is 0.0758. The van der Waals surface area contributed by atoms with Gasteiger partial charge in [0.1, 0.15) is 6.04 Å². The van der Waals surface area contributed by atoms with Gasteiger partial charge in [-0.1, -0.05) is 5.11 Å². The van der Waals surface area contributed by atoms with Crippen LogP contribution in [-0.2, 0) is 14.4 Å². The highest BCUT2D eigenvalue weighted by atomic mass is 16.4. The largest absolute Gasteiger partial charge is 0.481 e. The van der Waals surface area contributed by atoms with Crippen molar-refractivity contribution in [2.24, 2.45) is 5.11 Å². The number of amides is 1. The molecule has 1 atom stereocenters. The van der Waals surface area contributed by atoms with Crippen LogP contribution in [0.4, 0.5) is 0 Å². The molecule has 0 saturated carbocycles. The lowest BCUT2D eigenvalue weighted by Crippen LogP contribution is -2.41. The van der Waals surface area contributed by atoms with Crippen LogP contribution in [-0.4, -0.2) is 40.6 Å². The van der Waals surface area contributed by atoms with E-state index >= 15 is 0 Å². The van der Waals surface area contributed by atoms with Gasteiger partial charge in [-0.15, -0.1) is 0 Å². The number of carboxylic acid groups (broad SMARTS) is 2. The van der Waals surface area contributed by atoms with Crippen molar-refractivity contribution in [3.8, 4) is 0 Å². The molecule has 17 heavy (non-hydrogen) atoms. The maximum Gasteiger partial charge on any atom is 0.326 e. The highest BCUT2D eigenvalue weighted by Gasteiger charge is 2.20. The average molecular weight is 244 g/mol. The van der Waals surface area contributed by atoms with Crippen LogP contribution in [0, 0.1) is 0 Å². The molecule has 0 aromatic rings. The Kier molecular flexibility index (Phi) is 6.88. The fourth-order valence-corrected chi connectivity index (χ4v) is 0.988. The molecule has 0 aromatic heterocycles. The summed E-state index contributed by atoms with van der Waals surface area (Å²) in [7, 11) is 0. The van der Waals surface area contributed by atoms with Crippen LogP contribution in [0.2, 0.25) is 0 Å². The average Bonchev–Trinajstić information content (AvgIpc) is 2.23. The molecule has 0 fully saturated rings. The van der Waals surface area contributed by atoms with E-state index in [0.29, 0.717) is 0 Å². The second kappa shape index (κ2) is 7.94. The molecule has 0 heterocycles. The van der Waals surface area contributed by atoms with E-state index in [9.17, 15) is 14.4 Å². The molecular weight excluding hydrogens is 232 g/mol. The van der Waals surface area contributed by atoms with Crippen LogP contribution >= 0.6 is 0 Å². The van der Waals surface area contributed by atoms with Crippen molar-refractivity contribution in [2.45, 2.75) is 25.3 Å². The quantitative estimate of drug-likeness (QED) is 0.314. The molecule has 0 aliphatic rings. The van der Waals surface area contributed by atoms with Crippen LogP contribution in [0.15, 0.2) is 5.11 Å². The van der Waals surface area contributed by atoms with Gasteiger partial charge in [0.2, 0.25) is 5.91 Å². The zero-order valence-electron chi connectivity index (χ0n) is 8.87. The molecule has 9 heteroatoms. The van der Waals surface area contributed by atoms with Crippen molar-refractivity contribution in [3.63, 3.8) is 0 Å². The second-order valence-electron chi connectivity index (χ2n) is 3.10. The molecule has 0 saturated heterocycles. The molecule has 94 valence electrons. The van der Waals surface area contributed by atoms with E-state index in [1.165, 1.54) is 0 Å². The summed E-state index contributed by atoms with van der Waals surface area (Å²) in [5, 5.41) is 22.4. The first-order chi connectivity index (χ1) is 7.97. The molecule has 0 bridgehead atoms. The molecule has 0 radical (unpaired) electrons. The predicted octanol–water partition coefficient (Wildman–Crippen LogP) is 0.121. The van der Waals surface area contributed by atoms with Gasteiger partial charge in [0.05, 0.1) is 0 Å². The van der Waals surface area contributed by atoms with Gasteiger partial charge in [0.15, 0.2) is 0 Å². The lowest BCUT2D eigenvalue weighted by atomic mass is 10.1. The molecule has 0 rings (SSSR count). The third kappa shape index (κ3) is 7.63. The number of carbonyl (C=O) groups excluding carboxylic acids is 1. The maximum atomic E-state index is 11.2. The van der Waals surface area contributed by atoms with Gasteiger partial charge in [-0.05, 0) is 12.0 Å². The van der Waals surface area contributed by atoms with Crippen LogP contribution in [0.25, 0.3) is 10.4 Å². The van der Waals surface area contributed by atoms with Crippen LogP contribution in [0.1, 0.15) is 19.3 Å². The van der Waals surface area contributed by atoms with Gasteiger partial charge in [0, 0.05) is 24.3 Å². The fraction of sp³-hybridized carbons (Fsp3) is 0.625. The van der Waals surface area contributed by atoms with E-state index < -0.39 is 23.9 Å². The number of hydrogen-bond donors (Lipinski definition) is 3.